The number of hydrogen-bond acceptors (Lipinski definition) is 4. The third-order valence-corrected chi connectivity index (χ3v) is 3.29. The predicted octanol–water partition coefficient (Wildman–Crippen LogP) is 1.88. The molecule has 1 aromatic rings. The first-order valence-corrected chi connectivity index (χ1v) is 7.55. The van der Waals surface area contributed by atoms with Gasteiger partial charge in [0.1, 0.15) is 5.75 Å². The molecular weight excluding hydrogens is 266 g/mol. The number of nitrogens with two attached hydrogens (primary N) is 1. The van der Waals surface area contributed by atoms with Crippen LogP contribution in [0.25, 0.3) is 0 Å². The molecule has 0 saturated heterocycles. The summed E-state index contributed by atoms with van der Waals surface area (Å²) >= 11 is 0. The molecule has 1 amide bonds. The predicted molar refractivity (Wildman–Crippen MR) is 86.4 cm³/mol. The molecular formula is C16H27N3O2. The Labute approximate surface area is 127 Å². The number of hydrogen-bond donors (Lipinski definition) is 2. The van der Waals surface area contributed by atoms with Gasteiger partial charge in [-0.3, -0.25) is 4.79 Å². The molecule has 0 heterocycles. The minimum atomic E-state index is 0.0126. The Hall–Kier alpha value is -1.75. The summed E-state index contributed by atoms with van der Waals surface area (Å²) in [5.74, 6) is 0.706. The lowest BCUT2D eigenvalue weighted by molar-refractivity contribution is -0.122. The second kappa shape index (κ2) is 9.23. The van der Waals surface area contributed by atoms with Crippen LogP contribution in [0.1, 0.15) is 27.2 Å². The van der Waals surface area contributed by atoms with Crippen LogP contribution in [0.3, 0.4) is 0 Å². The van der Waals surface area contributed by atoms with Crippen molar-refractivity contribution in [3.05, 3.63) is 24.3 Å². The Bertz CT molecular complexity index is 433. The monoisotopic (exact) mass is 293 g/mol. The Morgan fingerprint density at radius 3 is 2.71 bits per heavy atom. The van der Waals surface area contributed by atoms with Gasteiger partial charge in [-0.25, -0.2) is 0 Å². The SMILES string of the molecule is CCN(CC)CC(C)NC(=O)CCOc1cccc(N)c1. The van der Waals surface area contributed by atoms with Crippen molar-refractivity contribution in [2.45, 2.75) is 33.2 Å². The van der Waals surface area contributed by atoms with Gasteiger partial charge in [-0.05, 0) is 32.1 Å². The van der Waals surface area contributed by atoms with Crippen molar-refractivity contribution in [3.63, 3.8) is 0 Å². The van der Waals surface area contributed by atoms with Crippen LogP contribution in [-0.4, -0.2) is 43.1 Å². The van der Waals surface area contributed by atoms with Crippen molar-refractivity contribution < 1.29 is 9.53 Å². The van der Waals surface area contributed by atoms with Gasteiger partial charge in [0.2, 0.25) is 5.91 Å². The Balaban J connectivity index is 2.24. The molecule has 3 N–H and O–H groups in total. The van der Waals surface area contributed by atoms with E-state index in [1.807, 2.05) is 19.1 Å². The van der Waals surface area contributed by atoms with E-state index in [9.17, 15) is 4.79 Å². The number of nitrogens with zero attached hydrogens (tertiary/aromatic N) is 1. The van der Waals surface area contributed by atoms with Gasteiger partial charge in [-0.15, -0.1) is 0 Å². The van der Waals surface area contributed by atoms with Crippen LogP contribution < -0.4 is 15.8 Å². The summed E-state index contributed by atoms with van der Waals surface area (Å²) in [5, 5.41) is 2.99. The van der Waals surface area contributed by atoms with Gasteiger partial charge < -0.3 is 20.7 Å². The van der Waals surface area contributed by atoms with E-state index < -0.39 is 0 Å². The zero-order chi connectivity index (χ0) is 15.7. The molecule has 0 spiro atoms. The van der Waals surface area contributed by atoms with Crippen LogP contribution >= 0.6 is 0 Å². The van der Waals surface area contributed by atoms with Gasteiger partial charge in [0.05, 0.1) is 13.0 Å². The number of rotatable bonds is 9. The summed E-state index contributed by atoms with van der Waals surface area (Å²) in [6, 6.07) is 7.36. The topological polar surface area (TPSA) is 67.6 Å². The highest BCUT2D eigenvalue weighted by Gasteiger charge is 2.10. The van der Waals surface area contributed by atoms with Crippen LogP contribution in [-0.2, 0) is 4.79 Å². The highest BCUT2D eigenvalue weighted by atomic mass is 16.5. The van der Waals surface area contributed by atoms with Crippen molar-refractivity contribution in [2.24, 2.45) is 0 Å². The minimum Gasteiger partial charge on any atom is -0.493 e. The van der Waals surface area contributed by atoms with Crippen molar-refractivity contribution in [2.75, 3.05) is 32.0 Å². The standard InChI is InChI=1S/C16H27N3O2/c1-4-19(5-2)12-13(3)18-16(20)9-10-21-15-8-6-7-14(17)11-15/h6-8,11,13H,4-5,9-10,12,17H2,1-3H3,(H,18,20). The van der Waals surface area contributed by atoms with Crippen molar-refractivity contribution in [1.29, 1.82) is 0 Å². The maximum absolute atomic E-state index is 11.8. The largest absolute Gasteiger partial charge is 0.493 e. The lowest BCUT2D eigenvalue weighted by atomic mass is 10.3. The number of carbonyl (C=O) groups is 1. The fourth-order valence-corrected chi connectivity index (χ4v) is 2.13. The summed E-state index contributed by atoms with van der Waals surface area (Å²) in [6.45, 7) is 9.48. The molecule has 0 aliphatic rings. The van der Waals surface area contributed by atoms with Gasteiger partial charge in [0.25, 0.3) is 0 Å². The summed E-state index contributed by atoms with van der Waals surface area (Å²) in [7, 11) is 0. The molecule has 0 aromatic heterocycles. The zero-order valence-electron chi connectivity index (χ0n) is 13.3. The molecule has 0 aliphatic heterocycles. The van der Waals surface area contributed by atoms with Crippen LogP contribution in [0.2, 0.25) is 0 Å². The van der Waals surface area contributed by atoms with Crippen molar-refractivity contribution in [3.8, 4) is 5.75 Å². The van der Waals surface area contributed by atoms with E-state index in [0.29, 0.717) is 24.5 Å². The van der Waals surface area contributed by atoms with E-state index in [-0.39, 0.29) is 11.9 Å². The average molecular weight is 293 g/mol. The molecule has 0 fully saturated rings. The fourth-order valence-electron chi connectivity index (χ4n) is 2.13. The molecule has 0 saturated carbocycles. The lowest BCUT2D eigenvalue weighted by Crippen LogP contribution is -2.42. The number of nitrogens with one attached hydrogen (secondary N) is 1. The van der Waals surface area contributed by atoms with Crippen molar-refractivity contribution >= 4 is 11.6 Å². The molecule has 0 radical (unpaired) electrons. The number of anilines is 1. The maximum Gasteiger partial charge on any atom is 0.223 e. The first-order valence-electron chi connectivity index (χ1n) is 7.55. The Morgan fingerprint density at radius 2 is 2.10 bits per heavy atom. The average Bonchev–Trinajstić information content (AvgIpc) is 2.44. The van der Waals surface area contributed by atoms with Gasteiger partial charge in [-0.1, -0.05) is 19.9 Å². The second-order valence-electron chi connectivity index (χ2n) is 5.13. The van der Waals surface area contributed by atoms with Gasteiger partial charge >= 0.3 is 0 Å². The van der Waals surface area contributed by atoms with E-state index in [1.54, 1.807) is 12.1 Å². The highest BCUT2D eigenvalue weighted by Crippen LogP contribution is 2.14. The molecule has 5 heteroatoms. The molecule has 118 valence electrons. The molecule has 0 bridgehead atoms. The Kier molecular flexibility index (Phi) is 7.61. The van der Waals surface area contributed by atoms with E-state index in [0.717, 1.165) is 19.6 Å². The van der Waals surface area contributed by atoms with Gasteiger partial charge in [0.15, 0.2) is 0 Å². The molecule has 1 unspecified atom stereocenters. The number of amides is 1. The van der Waals surface area contributed by atoms with E-state index in [4.69, 9.17) is 10.5 Å². The van der Waals surface area contributed by atoms with E-state index in [2.05, 4.69) is 24.1 Å². The smallest absolute Gasteiger partial charge is 0.223 e. The first kappa shape index (κ1) is 17.3. The molecule has 21 heavy (non-hydrogen) atoms. The summed E-state index contributed by atoms with van der Waals surface area (Å²) in [5.41, 5.74) is 6.32. The normalized spacial score (nSPS) is 12.2. The summed E-state index contributed by atoms with van der Waals surface area (Å²) < 4.78 is 5.51. The van der Waals surface area contributed by atoms with Crippen molar-refractivity contribution in [1.82, 2.24) is 10.2 Å². The lowest BCUT2D eigenvalue weighted by Gasteiger charge is -2.23. The molecule has 1 aromatic carbocycles. The molecule has 1 atom stereocenters. The highest BCUT2D eigenvalue weighted by molar-refractivity contribution is 5.76. The number of benzene rings is 1. The third-order valence-electron chi connectivity index (χ3n) is 3.29. The maximum atomic E-state index is 11.8. The quantitative estimate of drug-likeness (QED) is 0.682. The zero-order valence-corrected chi connectivity index (χ0v) is 13.3. The van der Waals surface area contributed by atoms with Crippen LogP contribution in [0.4, 0.5) is 5.69 Å². The van der Waals surface area contributed by atoms with Crippen LogP contribution in [0.15, 0.2) is 24.3 Å². The number of carbonyl (C=O) groups excluding carboxylic acids is 1. The summed E-state index contributed by atoms with van der Waals surface area (Å²) in [4.78, 5) is 14.1. The van der Waals surface area contributed by atoms with Crippen LogP contribution in [0, 0.1) is 0 Å². The van der Waals surface area contributed by atoms with E-state index >= 15 is 0 Å². The van der Waals surface area contributed by atoms with E-state index in [1.165, 1.54) is 0 Å². The minimum absolute atomic E-state index is 0.0126. The van der Waals surface area contributed by atoms with Crippen LogP contribution in [0.5, 0.6) is 5.75 Å². The number of likely N-dealkylation sites (N-methyl/N-ethyl adjacent to an activating group) is 1. The second-order valence-corrected chi connectivity index (χ2v) is 5.13. The Morgan fingerprint density at radius 1 is 1.38 bits per heavy atom. The molecule has 1 rings (SSSR count). The fraction of sp³-hybridized carbons (Fsp3) is 0.562. The van der Waals surface area contributed by atoms with Gasteiger partial charge in [0, 0.05) is 24.3 Å². The first-order chi connectivity index (χ1) is 10.0. The van der Waals surface area contributed by atoms with Gasteiger partial charge in [-0.2, -0.15) is 0 Å². The molecule has 5 nitrogen and oxygen atoms in total. The number of ether oxygens (including phenoxy) is 1. The third kappa shape index (κ3) is 6.99. The molecule has 0 aliphatic carbocycles. The number of nitrogen functional groups attached to an aromatic ring is 1. The summed E-state index contributed by atoms with van der Waals surface area (Å²) in [6.07, 6.45) is 0.345.